The van der Waals surface area contributed by atoms with Gasteiger partial charge in [-0.2, -0.15) is 0 Å². The molecule has 0 aliphatic heterocycles. The van der Waals surface area contributed by atoms with Crippen LogP contribution in [0, 0.1) is 11.6 Å². The molecule has 0 saturated heterocycles. The van der Waals surface area contributed by atoms with Crippen LogP contribution in [-0.4, -0.2) is 27.7 Å². The third kappa shape index (κ3) is 8.21. The highest BCUT2D eigenvalue weighted by atomic mass is 127. The van der Waals surface area contributed by atoms with E-state index in [9.17, 15) is 17.2 Å². The molecule has 2 aromatic rings. The fraction of sp³-hybridized carbons (Fsp3) is 0.278. The van der Waals surface area contributed by atoms with Gasteiger partial charge in [0.1, 0.15) is 11.6 Å². The summed E-state index contributed by atoms with van der Waals surface area (Å²) in [6.45, 7) is 0.644. The summed E-state index contributed by atoms with van der Waals surface area (Å²) in [5.74, 6) is -0.440. The maximum atomic E-state index is 13.5. The maximum absolute atomic E-state index is 13.5. The van der Waals surface area contributed by atoms with E-state index in [-0.39, 0.29) is 42.1 Å². The van der Waals surface area contributed by atoms with E-state index in [0.717, 1.165) is 11.8 Å². The highest BCUT2D eigenvalue weighted by Crippen LogP contribution is 2.14. The SMILES string of the molecule is CN=C(NCc1ccc(F)cc1)NCc1cc(F)ccc1CS(C)(=O)=O.I. The van der Waals surface area contributed by atoms with Crippen molar-refractivity contribution in [2.45, 2.75) is 18.8 Å². The van der Waals surface area contributed by atoms with Crippen molar-refractivity contribution in [3.8, 4) is 0 Å². The van der Waals surface area contributed by atoms with Gasteiger partial charge in [0.05, 0.1) is 5.75 Å². The lowest BCUT2D eigenvalue weighted by atomic mass is 10.1. The topological polar surface area (TPSA) is 70.6 Å². The zero-order valence-electron chi connectivity index (χ0n) is 15.0. The van der Waals surface area contributed by atoms with Crippen LogP contribution in [0.15, 0.2) is 47.5 Å². The lowest BCUT2D eigenvalue weighted by molar-refractivity contribution is 0.599. The van der Waals surface area contributed by atoms with Crippen molar-refractivity contribution in [3.05, 3.63) is 70.8 Å². The van der Waals surface area contributed by atoms with E-state index in [0.29, 0.717) is 23.6 Å². The van der Waals surface area contributed by atoms with Gasteiger partial charge >= 0.3 is 0 Å². The maximum Gasteiger partial charge on any atom is 0.191 e. The minimum Gasteiger partial charge on any atom is -0.352 e. The molecule has 0 fully saturated rings. The molecule has 148 valence electrons. The molecule has 5 nitrogen and oxygen atoms in total. The average Bonchev–Trinajstić information content (AvgIpc) is 2.57. The molecular weight excluding hydrogens is 487 g/mol. The standard InChI is InChI=1S/C18H21F2N3O2S.HI/c1-21-18(22-10-13-3-6-16(19)7-4-13)23-11-15-9-17(20)8-5-14(15)12-26(2,24)25;/h3-9H,10-12H2,1-2H3,(H2,21,22,23);1H. The molecule has 0 unspecified atom stereocenters. The monoisotopic (exact) mass is 509 g/mol. The van der Waals surface area contributed by atoms with Crippen LogP contribution in [0.2, 0.25) is 0 Å². The predicted molar refractivity (Wildman–Crippen MR) is 114 cm³/mol. The number of hydrogen-bond donors (Lipinski definition) is 2. The molecule has 0 heterocycles. The van der Waals surface area contributed by atoms with Crippen LogP contribution in [0.5, 0.6) is 0 Å². The van der Waals surface area contributed by atoms with Gasteiger partial charge < -0.3 is 10.6 Å². The van der Waals surface area contributed by atoms with Crippen LogP contribution in [0.1, 0.15) is 16.7 Å². The van der Waals surface area contributed by atoms with Gasteiger partial charge in [0.2, 0.25) is 0 Å². The molecule has 0 aliphatic rings. The Morgan fingerprint density at radius 3 is 2.15 bits per heavy atom. The van der Waals surface area contributed by atoms with Crippen molar-refractivity contribution in [3.63, 3.8) is 0 Å². The van der Waals surface area contributed by atoms with Crippen LogP contribution >= 0.6 is 24.0 Å². The fourth-order valence-corrected chi connectivity index (χ4v) is 3.22. The van der Waals surface area contributed by atoms with Gasteiger partial charge in [-0.3, -0.25) is 4.99 Å². The van der Waals surface area contributed by atoms with Crippen molar-refractivity contribution in [2.24, 2.45) is 4.99 Å². The van der Waals surface area contributed by atoms with Crippen molar-refractivity contribution in [2.75, 3.05) is 13.3 Å². The Morgan fingerprint density at radius 2 is 1.56 bits per heavy atom. The highest BCUT2D eigenvalue weighted by Gasteiger charge is 2.11. The van der Waals surface area contributed by atoms with E-state index in [1.807, 2.05) is 0 Å². The molecule has 27 heavy (non-hydrogen) atoms. The number of sulfone groups is 1. The van der Waals surface area contributed by atoms with Crippen molar-refractivity contribution in [1.82, 2.24) is 10.6 Å². The second kappa shape index (κ2) is 10.5. The molecule has 0 atom stereocenters. The lowest BCUT2D eigenvalue weighted by Crippen LogP contribution is -2.36. The second-order valence-corrected chi connectivity index (χ2v) is 8.03. The Morgan fingerprint density at radius 1 is 0.963 bits per heavy atom. The third-order valence-corrected chi connectivity index (χ3v) is 4.46. The van der Waals surface area contributed by atoms with E-state index in [1.165, 1.54) is 30.3 Å². The number of nitrogens with one attached hydrogen (secondary N) is 2. The summed E-state index contributed by atoms with van der Waals surface area (Å²) < 4.78 is 49.5. The normalized spacial score (nSPS) is 11.6. The van der Waals surface area contributed by atoms with Gasteiger partial charge in [0, 0.05) is 26.4 Å². The van der Waals surface area contributed by atoms with Crippen molar-refractivity contribution < 1.29 is 17.2 Å². The van der Waals surface area contributed by atoms with Gasteiger partial charge in [-0.05, 0) is 41.0 Å². The summed E-state index contributed by atoms with van der Waals surface area (Å²) in [4.78, 5) is 4.07. The highest BCUT2D eigenvalue weighted by molar-refractivity contribution is 14.0. The number of halogens is 3. The second-order valence-electron chi connectivity index (χ2n) is 5.89. The van der Waals surface area contributed by atoms with E-state index in [1.54, 1.807) is 19.2 Å². The lowest BCUT2D eigenvalue weighted by Gasteiger charge is -2.14. The molecule has 0 amide bonds. The van der Waals surface area contributed by atoms with Gasteiger partial charge in [-0.25, -0.2) is 17.2 Å². The minimum atomic E-state index is -3.23. The van der Waals surface area contributed by atoms with Crippen LogP contribution in [-0.2, 0) is 28.7 Å². The smallest absolute Gasteiger partial charge is 0.191 e. The summed E-state index contributed by atoms with van der Waals surface area (Å²) in [6.07, 6.45) is 1.14. The zero-order chi connectivity index (χ0) is 19.2. The van der Waals surface area contributed by atoms with Gasteiger partial charge in [0.25, 0.3) is 0 Å². The van der Waals surface area contributed by atoms with Crippen molar-refractivity contribution in [1.29, 1.82) is 0 Å². The van der Waals surface area contributed by atoms with Crippen molar-refractivity contribution >= 4 is 39.8 Å². The molecule has 2 rings (SSSR count). The number of rotatable bonds is 6. The molecule has 9 heteroatoms. The Hall–Kier alpha value is -1.75. The van der Waals surface area contributed by atoms with Crippen LogP contribution in [0.25, 0.3) is 0 Å². The van der Waals surface area contributed by atoms with Crippen LogP contribution in [0.3, 0.4) is 0 Å². The third-order valence-electron chi connectivity index (χ3n) is 3.63. The quantitative estimate of drug-likeness (QED) is 0.357. The molecular formula is C18H22F2IN3O2S. The molecule has 0 bridgehead atoms. The van der Waals surface area contributed by atoms with E-state index < -0.39 is 15.7 Å². The minimum absolute atomic E-state index is 0. The molecule has 0 aliphatic carbocycles. The molecule has 0 saturated carbocycles. The summed E-state index contributed by atoms with van der Waals surface area (Å²) in [5, 5.41) is 6.09. The first-order valence-electron chi connectivity index (χ1n) is 7.91. The van der Waals surface area contributed by atoms with E-state index in [4.69, 9.17) is 0 Å². The van der Waals surface area contributed by atoms with E-state index >= 15 is 0 Å². The number of benzene rings is 2. The van der Waals surface area contributed by atoms with Crippen LogP contribution < -0.4 is 10.6 Å². The Kier molecular flexibility index (Phi) is 9.10. The Balaban J connectivity index is 0.00000364. The average molecular weight is 509 g/mol. The first kappa shape index (κ1) is 23.3. The zero-order valence-corrected chi connectivity index (χ0v) is 18.1. The number of aliphatic imine (C=N–C) groups is 1. The fourth-order valence-electron chi connectivity index (χ4n) is 2.37. The molecule has 0 radical (unpaired) electrons. The first-order valence-corrected chi connectivity index (χ1v) is 9.97. The van der Waals surface area contributed by atoms with Gasteiger partial charge in [-0.15, -0.1) is 24.0 Å². The van der Waals surface area contributed by atoms with Gasteiger partial charge in [-0.1, -0.05) is 18.2 Å². The number of nitrogens with zero attached hydrogens (tertiary/aromatic N) is 1. The molecule has 2 aromatic carbocycles. The van der Waals surface area contributed by atoms with E-state index in [2.05, 4.69) is 15.6 Å². The summed E-state index contributed by atoms with van der Waals surface area (Å²) in [6, 6.07) is 10.1. The number of hydrogen-bond acceptors (Lipinski definition) is 3. The first-order chi connectivity index (χ1) is 12.3. The Labute approximate surface area is 175 Å². The summed E-state index contributed by atoms with van der Waals surface area (Å²) in [7, 11) is -1.65. The van der Waals surface area contributed by atoms with Gasteiger partial charge in [0.15, 0.2) is 15.8 Å². The summed E-state index contributed by atoms with van der Waals surface area (Å²) in [5.41, 5.74) is 1.95. The largest absolute Gasteiger partial charge is 0.352 e. The molecule has 0 aromatic heterocycles. The molecule has 0 spiro atoms. The number of guanidine groups is 1. The summed E-state index contributed by atoms with van der Waals surface area (Å²) >= 11 is 0. The molecule has 2 N–H and O–H groups in total. The Bertz CT molecular complexity index is 888. The predicted octanol–water partition coefficient (Wildman–Crippen LogP) is 2.99. The van der Waals surface area contributed by atoms with Crippen LogP contribution in [0.4, 0.5) is 8.78 Å².